The molecule has 39 heavy (non-hydrogen) atoms. The number of ether oxygens (including phenoxy) is 1. The molecule has 0 saturated heterocycles. The average Bonchev–Trinajstić information content (AvgIpc) is 3.25. The van der Waals surface area contributed by atoms with Gasteiger partial charge in [0.05, 0.1) is 25.4 Å². The van der Waals surface area contributed by atoms with Crippen molar-refractivity contribution < 1.29 is 26.2 Å². The summed E-state index contributed by atoms with van der Waals surface area (Å²) in [4.78, 5) is 3.01. The van der Waals surface area contributed by atoms with Gasteiger partial charge in [0.25, 0.3) is 26.8 Å². The maximum Gasteiger partial charge on any atom is 0.264 e. The number of benzene rings is 1. The van der Waals surface area contributed by atoms with Crippen LogP contribution in [0.3, 0.4) is 0 Å². The van der Waals surface area contributed by atoms with Crippen LogP contribution in [0.15, 0.2) is 11.2 Å². The second-order valence-corrected chi connectivity index (χ2v) is 24.5. The summed E-state index contributed by atoms with van der Waals surface area (Å²) in [6.45, 7) is 23.9. The first kappa shape index (κ1) is 31.3. The van der Waals surface area contributed by atoms with E-state index in [9.17, 15) is 13.9 Å². The molecule has 1 aromatic heterocycles. The van der Waals surface area contributed by atoms with E-state index in [1.165, 1.54) is 0 Å². The minimum absolute atomic E-state index is 0.0704. The highest BCUT2D eigenvalue weighted by Crippen LogP contribution is 2.53. The molecule has 13 heteroatoms. The number of azide groups is 1. The van der Waals surface area contributed by atoms with Gasteiger partial charge in [-0.1, -0.05) is 46.7 Å². The van der Waals surface area contributed by atoms with Crippen molar-refractivity contribution in [1.29, 1.82) is 0 Å². The van der Waals surface area contributed by atoms with E-state index in [1.54, 1.807) is 7.11 Å². The lowest BCUT2D eigenvalue weighted by atomic mass is 10.1. The van der Waals surface area contributed by atoms with Gasteiger partial charge in [0.15, 0.2) is 11.5 Å². The maximum atomic E-state index is 12.1. The maximum absolute atomic E-state index is 12.1. The summed E-state index contributed by atoms with van der Waals surface area (Å²) in [6, 6.07) is 1.06. The fourth-order valence-electron chi connectivity index (χ4n) is 4.26. The lowest BCUT2D eigenvalue weighted by Crippen LogP contribution is -2.44. The molecule has 3 rings (SSSR count). The SMILES string of the molecule is COc1c(C)c(O[Si](C)(C)C(C)(C)C)c2c(cc3n2C[C@@H](OS(C)(=O)=O)[C@@H]3N=[N+]=[N-])c1O[Si](C)(C)C(C)(C)C. The third-order valence-corrected chi connectivity index (χ3v) is 17.7. The summed E-state index contributed by atoms with van der Waals surface area (Å²) in [7, 11) is -6.80. The average molecular weight is 597 g/mol. The molecule has 0 unspecified atom stereocenters. The monoisotopic (exact) mass is 596 g/mol. The van der Waals surface area contributed by atoms with Gasteiger partial charge in [-0.25, -0.2) is 0 Å². The zero-order valence-electron chi connectivity index (χ0n) is 25.6. The first-order valence-corrected chi connectivity index (χ1v) is 20.7. The third-order valence-electron chi connectivity index (χ3n) is 8.50. The third kappa shape index (κ3) is 5.83. The molecule has 0 saturated carbocycles. The molecule has 1 aliphatic rings. The van der Waals surface area contributed by atoms with E-state index in [-0.39, 0.29) is 16.6 Å². The zero-order valence-corrected chi connectivity index (χ0v) is 28.4. The number of hydrogen-bond acceptors (Lipinski definition) is 7. The molecule has 1 aromatic carbocycles. The molecule has 0 aliphatic carbocycles. The summed E-state index contributed by atoms with van der Waals surface area (Å²) in [5.74, 6) is 1.90. The van der Waals surface area contributed by atoms with Gasteiger partial charge in [-0.05, 0) is 54.8 Å². The molecule has 1 aliphatic heterocycles. The molecule has 0 radical (unpaired) electrons. The Hall–Kier alpha value is -2.19. The molecule has 0 spiro atoms. The van der Waals surface area contributed by atoms with Crippen LogP contribution in [0.1, 0.15) is 58.8 Å². The van der Waals surface area contributed by atoms with E-state index >= 15 is 0 Å². The Labute approximate surface area is 235 Å². The van der Waals surface area contributed by atoms with Crippen LogP contribution >= 0.6 is 0 Å². The lowest BCUT2D eigenvalue weighted by Gasteiger charge is -2.39. The van der Waals surface area contributed by atoms with E-state index in [0.717, 1.165) is 22.7 Å². The smallest absolute Gasteiger partial charge is 0.264 e. The number of fused-ring (bicyclic) bond motifs is 3. The Bertz CT molecular complexity index is 1430. The van der Waals surface area contributed by atoms with Crippen molar-refractivity contribution in [2.45, 2.75) is 103 Å². The van der Waals surface area contributed by atoms with Crippen molar-refractivity contribution in [1.82, 2.24) is 4.57 Å². The first-order valence-electron chi connectivity index (χ1n) is 13.1. The van der Waals surface area contributed by atoms with E-state index < -0.39 is 38.9 Å². The van der Waals surface area contributed by atoms with Crippen molar-refractivity contribution in [2.75, 3.05) is 13.4 Å². The molecular formula is C26H44N4O6SSi2. The molecule has 2 heterocycles. The molecular weight excluding hydrogens is 553 g/mol. The highest BCUT2D eigenvalue weighted by Gasteiger charge is 2.45. The Balaban J connectivity index is 2.43. The van der Waals surface area contributed by atoms with Crippen LogP contribution in [0.2, 0.25) is 36.3 Å². The Morgan fingerprint density at radius 3 is 1.95 bits per heavy atom. The molecule has 0 bridgehead atoms. The first-order chi connectivity index (χ1) is 17.6. The molecule has 2 atom stereocenters. The standard InChI is InChI=1S/C26H44N4O6SSi2/c1-16-22(35-38(10,11)25(2,3)4)21-17(24(23(16)33-8)36-39(12,13)26(5,6)7)14-18-20(28-29-27)19(15-30(18)21)34-37(9,31)32/h14,19-20H,15H2,1-13H3/t19-,20-/m1/s1. The van der Waals surface area contributed by atoms with Gasteiger partial charge in [0.1, 0.15) is 17.9 Å². The summed E-state index contributed by atoms with van der Waals surface area (Å²) in [5, 5.41) is 4.58. The van der Waals surface area contributed by atoms with Crippen LogP contribution in [-0.4, -0.2) is 49.1 Å². The van der Waals surface area contributed by atoms with Crippen molar-refractivity contribution >= 4 is 37.7 Å². The predicted molar refractivity (Wildman–Crippen MR) is 160 cm³/mol. The minimum Gasteiger partial charge on any atom is -0.542 e. The van der Waals surface area contributed by atoms with E-state index in [2.05, 4.69) is 77.8 Å². The van der Waals surface area contributed by atoms with Gasteiger partial charge >= 0.3 is 0 Å². The van der Waals surface area contributed by atoms with Crippen molar-refractivity contribution in [3.8, 4) is 17.2 Å². The van der Waals surface area contributed by atoms with Gasteiger partial charge in [-0.3, -0.25) is 4.18 Å². The zero-order chi connectivity index (χ0) is 29.9. The Morgan fingerprint density at radius 1 is 1.00 bits per heavy atom. The summed E-state index contributed by atoms with van der Waals surface area (Å²) in [6.07, 6.45) is 0.126. The van der Waals surface area contributed by atoms with Crippen LogP contribution < -0.4 is 13.6 Å². The van der Waals surface area contributed by atoms with Crippen LogP contribution in [0.25, 0.3) is 21.3 Å². The quantitative estimate of drug-likeness (QED) is 0.103. The van der Waals surface area contributed by atoms with E-state index in [1.807, 2.05) is 17.6 Å². The van der Waals surface area contributed by atoms with Gasteiger partial charge in [0, 0.05) is 21.6 Å². The minimum atomic E-state index is -3.79. The van der Waals surface area contributed by atoms with Crippen molar-refractivity contribution in [3.63, 3.8) is 0 Å². The van der Waals surface area contributed by atoms with Gasteiger partial charge in [-0.2, -0.15) is 8.42 Å². The number of methoxy groups -OCH3 is 1. The highest BCUT2D eigenvalue weighted by atomic mass is 32.2. The van der Waals surface area contributed by atoms with Crippen LogP contribution in [-0.2, 0) is 20.8 Å². The number of hydrogen-bond donors (Lipinski definition) is 0. The summed E-state index contributed by atoms with van der Waals surface area (Å²) < 4.78 is 51.3. The van der Waals surface area contributed by atoms with E-state index in [0.29, 0.717) is 22.9 Å². The van der Waals surface area contributed by atoms with Gasteiger partial charge in [-0.15, -0.1) is 0 Å². The molecule has 0 N–H and O–H groups in total. The van der Waals surface area contributed by atoms with Crippen molar-refractivity contribution in [2.24, 2.45) is 5.11 Å². The lowest BCUT2D eigenvalue weighted by molar-refractivity contribution is 0.186. The molecule has 10 nitrogen and oxygen atoms in total. The van der Waals surface area contributed by atoms with Crippen LogP contribution in [0, 0.1) is 6.92 Å². The predicted octanol–water partition coefficient (Wildman–Crippen LogP) is 7.44. The van der Waals surface area contributed by atoms with Crippen LogP contribution in [0.5, 0.6) is 17.2 Å². The number of aromatic nitrogens is 1. The fraction of sp³-hybridized carbons (Fsp3) is 0.692. The topological polar surface area (TPSA) is 125 Å². The Morgan fingerprint density at radius 2 is 1.51 bits per heavy atom. The van der Waals surface area contributed by atoms with E-state index in [4.69, 9.17) is 17.8 Å². The number of rotatable bonds is 8. The Kier molecular flexibility index (Phi) is 8.05. The molecule has 0 fully saturated rings. The van der Waals surface area contributed by atoms with Gasteiger partial charge in [0.2, 0.25) is 0 Å². The summed E-state index contributed by atoms with van der Waals surface area (Å²) in [5.41, 5.74) is 11.6. The molecule has 218 valence electrons. The second-order valence-electron chi connectivity index (χ2n) is 13.5. The van der Waals surface area contributed by atoms with Crippen molar-refractivity contribution in [3.05, 3.63) is 27.8 Å². The molecule has 2 aromatic rings. The highest BCUT2D eigenvalue weighted by molar-refractivity contribution is 7.86. The normalized spacial score (nSPS) is 18.6. The summed E-state index contributed by atoms with van der Waals surface area (Å²) >= 11 is 0. The van der Waals surface area contributed by atoms with Crippen LogP contribution in [0.4, 0.5) is 0 Å². The van der Waals surface area contributed by atoms with Gasteiger partial charge < -0.3 is 18.2 Å². The largest absolute Gasteiger partial charge is 0.542 e. The fourth-order valence-corrected chi connectivity index (χ4v) is 6.96. The number of nitrogens with zero attached hydrogens (tertiary/aromatic N) is 4. The molecule has 0 amide bonds. The second kappa shape index (κ2) is 10.0.